The summed E-state index contributed by atoms with van der Waals surface area (Å²) in [5.74, 6) is -0.844. The van der Waals surface area contributed by atoms with Crippen molar-refractivity contribution in [2.45, 2.75) is 32.2 Å². The number of unbranched alkanes of at least 4 members (excludes halogenated alkanes) is 1. The molecule has 0 saturated carbocycles. The van der Waals surface area contributed by atoms with Gasteiger partial charge in [-0.15, -0.1) is 0 Å². The van der Waals surface area contributed by atoms with Gasteiger partial charge in [0.25, 0.3) is 0 Å². The highest BCUT2D eigenvalue weighted by Crippen LogP contribution is 2.23. The number of nitrogens with zero attached hydrogens (tertiary/aromatic N) is 1. The predicted molar refractivity (Wildman–Crippen MR) is 79.0 cm³/mol. The average Bonchev–Trinajstić information content (AvgIpc) is 2.38. The fourth-order valence-electron chi connectivity index (χ4n) is 1.74. The van der Waals surface area contributed by atoms with E-state index in [1.54, 1.807) is 24.1 Å². The first-order valence-electron chi connectivity index (χ1n) is 6.30. The molecule has 0 bridgehead atoms. The van der Waals surface area contributed by atoms with Crippen LogP contribution in [0.4, 0.5) is 0 Å². The summed E-state index contributed by atoms with van der Waals surface area (Å²) in [6.07, 6.45) is 1.55. The van der Waals surface area contributed by atoms with Gasteiger partial charge in [0.05, 0.1) is 10.0 Å². The van der Waals surface area contributed by atoms with Crippen molar-refractivity contribution in [2.75, 3.05) is 7.05 Å². The summed E-state index contributed by atoms with van der Waals surface area (Å²) >= 11 is 11.7. The molecule has 0 spiro atoms. The van der Waals surface area contributed by atoms with Crippen molar-refractivity contribution in [3.8, 4) is 0 Å². The number of carbonyl (C=O) groups excluding carboxylic acids is 1. The van der Waals surface area contributed by atoms with E-state index in [-0.39, 0.29) is 12.3 Å². The van der Waals surface area contributed by atoms with E-state index >= 15 is 0 Å². The lowest BCUT2D eigenvalue weighted by Crippen LogP contribution is -2.25. The SMILES string of the molecule is CN(Cc1ccc(Cl)c(Cl)c1)C(=O)CCCCC(=O)O. The molecule has 4 nitrogen and oxygen atoms in total. The number of halogens is 2. The molecule has 6 heteroatoms. The van der Waals surface area contributed by atoms with Crippen LogP contribution in [0.1, 0.15) is 31.2 Å². The van der Waals surface area contributed by atoms with Crippen molar-refractivity contribution >= 4 is 35.1 Å². The lowest BCUT2D eigenvalue weighted by molar-refractivity contribution is -0.137. The first kappa shape index (κ1) is 16.8. The molecule has 1 amide bonds. The Morgan fingerprint density at radius 3 is 2.40 bits per heavy atom. The van der Waals surface area contributed by atoms with Gasteiger partial charge in [0.2, 0.25) is 5.91 Å². The number of carboxylic acids is 1. The van der Waals surface area contributed by atoms with Crippen molar-refractivity contribution in [3.05, 3.63) is 33.8 Å². The van der Waals surface area contributed by atoms with E-state index in [1.807, 2.05) is 6.07 Å². The van der Waals surface area contributed by atoms with Crippen molar-refractivity contribution in [3.63, 3.8) is 0 Å². The van der Waals surface area contributed by atoms with Gasteiger partial charge < -0.3 is 10.0 Å². The van der Waals surface area contributed by atoms with Crippen LogP contribution in [0.25, 0.3) is 0 Å². The zero-order valence-corrected chi connectivity index (χ0v) is 12.7. The van der Waals surface area contributed by atoms with Crippen LogP contribution in [-0.4, -0.2) is 28.9 Å². The summed E-state index contributed by atoms with van der Waals surface area (Å²) in [6.45, 7) is 0.453. The van der Waals surface area contributed by atoms with Crippen molar-refractivity contribution in [2.24, 2.45) is 0 Å². The molecule has 1 rings (SSSR count). The number of hydrogen-bond donors (Lipinski definition) is 1. The molecular formula is C14H17Cl2NO3. The number of benzene rings is 1. The molecule has 0 fully saturated rings. The minimum Gasteiger partial charge on any atom is -0.481 e. The zero-order chi connectivity index (χ0) is 15.1. The monoisotopic (exact) mass is 317 g/mol. The van der Waals surface area contributed by atoms with Gasteiger partial charge in [-0.25, -0.2) is 0 Å². The lowest BCUT2D eigenvalue weighted by Gasteiger charge is -2.17. The van der Waals surface area contributed by atoms with Crippen LogP contribution in [0.15, 0.2) is 18.2 Å². The molecule has 0 unspecified atom stereocenters. The van der Waals surface area contributed by atoms with Crippen LogP contribution in [0.3, 0.4) is 0 Å². The Kier molecular flexibility index (Phi) is 6.82. The molecule has 0 aliphatic heterocycles. The number of amides is 1. The van der Waals surface area contributed by atoms with E-state index in [0.29, 0.717) is 35.9 Å². The molecule has 20 heavy (non-hydrogen) atoms. The Labute approximate surface area is 128 Å². The molecule has 1 N–H and O–H groups in total. The van der Waals surface area contributed by atoms with Crippen molar-refractivity contribution in [1.82, 2.24) is 4.90 Å². The molecule has 0 atom stereocenters. The quantitative estimate of drug-likeness (QED) is 0.782. The van der Waals surface area contributed by atoms with Crippen LogP contribution in [0.5, 0.6) is 0 Å². The third-order valence-corrected chi connectivity index (χ3v) is 3.60. The fourth-order valence-corrected chi connectivity index (χ4v) is 2.06. The second-order valence-electron chi connectivity index (χ2n) is 4.60. The van der Waals surface area contributed by atoms with Crippen molar-refractivity contribution in [1.29, 1.82) is 0 Å². The summed E-state index contributed by atoms with van der Waals surface area (Å²) in [5.41, 5.74) is 0.904. The molecule has 110 valence electrons. The van der Waals surface area contributed by atoms with Crippen LogP contribution >= 0.6 is 23.2 Å². The molecule has 0 heterocycles. The van der Waals surface area contributed by atoms with E-state index in [2.05, 4.69) is 0 Å². The highest BCUT2D eigenvalue weighted by atomic mass is 35.5. The first-order valence-corrected chi connectivity index (χ1v) is 7.05. The third kappa shape index (κ3) is 5.80. The number of aliphatic carboxylic acids is 1. The highest BCUT2D eigenvalue weighted by molar-refractivity contribution is 6.42. The Bertz CT molecular complexity index is 491. The van der Waals surface area contributed by atoms with E-state index in [1.165, 1.54) is 0 Å². The fraction of sp³-hybridized carbons (Fsp3) is 0.429. The van der Waals surface area contributed by atoms with Gasteiger partial charge in [-0.05, 0) is 30.5 Å². The Morgan fingerprint density at radius 1 is 1.15 bits per heavy atom. The maximum atomic E-state index is 11.9. The zero-order valence-electron chi connectivity index (χ0n) is 11.2. The molecule has 0 aliphatic carbocycles. The van der Waals surface area contributed by atoms with Crippen LogP contribution in [0.2, 0.25) is 10.0 Å². The topological polar surface area (TPSA) is 57.6 Å². The molecule has 0 aromatic heterocycles. The maximum absolute atomic E-state index is 11.9. The summed E-state index contributed by atoms with van der Waals surface area (Å²) < 4.78 is 0. The largest absolute Gasteiger partial charge is 0.481 e. The van der Waals surface area contributed by atoms with E-state index < -0.39 is 5.97 Å². The summed E-state index contributed by atoms with van der Waals surface area (Å²) in [7, 11) is 1.71. The second-order valence-corrected chi connectivity index (χ2v) is 5.41. The molecule has 1 aromatic carbocycles. The normalized spacial score (nSPS) is 10.3. The first-order chi connectivity index (χ1) is 9.40. The Balaban J connectivity index is 2.41. The molecule has 0 aliphatic rings. The summed E-state index contributed by atoms with van der Waals surface area (Å²) in [5, 5.41) is 9.46. The number of carbonyl (C=O) groups is 2. The second kappa shape index (κ2) is 8.12. The van der Waals surface area contributed by atoms with Gasteiger partial charge in [0, 0.05) is 26.4 Å². The van der Waals surface area contributed by atoms with E-state index in [0.717, 1.165) is 5.56 Å². The third-order valence-electron chi connectivity index (χ3n) is 2.86. The van der Waals surface area contributed by atoms with Crippen LogP contribution < -0.4 is 0 Å². The van der Waals surface area contributed by atoms with Gasteiger partial charge >= 0.3 is 5.97 Å². The molecular weight excluding hydrogens is 301 g/mol. The average molecular weight is 318 g/mol. The van der Waals surface area contributed by atoms with Gasteiger partial charge in [0.1, 0.15) is 0 Å². The van der Waals surface area contributed by atoms with Gasteiger partial charge in [-0.1, -0.05) is 29.3 Å². The number of hydrogen-bond acceptors (Lipinski definition) is 2. The van der Waals surface area contributed by atoms with Crippen LogP contribution in [0, 0.1) is 0 Å². The minimum atomic E-state index is -0.832. The lowest BCUT2D eigenvalue weighted by atomic mass is 10.1. The minimum absolute atomic E-state index is 0.0125. The molecule has 1 aromatic rings. The number of rotatable bonds is 7. The number of carboxylic acid groups (broad SMARTS) is 1. The summed E-state index contributed by atoms with van der Waals surface area (Å²) in [4.78, 5) is 23.8. The van der Waals surface area contributed by atoms with Gasteiger partial charge in [-0.2, -0.15) is 0 Å². The van der Waals surface area contributed by atoms with Gasteiger partial charge in [-0.3, -0.25) is 9.59 Å². The Hall–Kier alpha value is -1.26. The molecule has 0 radical (unpaired) electrons. The van der Waals surface area contributed by atoms with E-state index in [9.17, 15) is 9.59 Å². The predicted octanol–water partition coefficient (Wildman–Crippen LogP) is 3.60. The highest BCUT2D eigenvalue weighted by Gasteiger charge is 2.10. The maximum Gasteiger partial charge on any atom is 0.303 e. The molecule has 0 saturated heterocycles. The van der Waals surface area contributed by atoms with Gasteiger partial charge in [0.15, 0.2) is 0 Å². The Morgan fingerprint density at radius 2 is 1.80 bits per heavy atom. The van der Waals surface area contributed by atoms with Crippen LogP contribution in [-0.2, 0) is 16.1 Å². The standard InChI is InChI=1S/C14H17Cl2NO3/c1-17(13(18)4-2-3-5-14(19)20)9-10-6-7-11(15)12(16)8-10/h6-8H,2-5,9H2,1H3,(H,19,20). The van der Waals surface area contributed by atoms with Crippen molar-refractivity contribution < 1.29 is 14.7 Å². The smallest absolute Gasteiger partial charge is 0.303 e. The summed E-state index contributed by atoms with van der Waals surface area (Å²) in [6, 6.07) is 5.25. The van der Waals surface area contributed by atoms with E-state index in [4.69, 9.17) is 28.3 Å².